The van der Waals surface area contributed by atoms with E-state index in [1.807, 2.05) is 18.2 Å². The first-order valence-corrected chi connectivity index (χ1v) is 8.02. The van der Waals surface area contributed by atoms with Crippen LogP contribution in [0.4, 0.5) is 11.5 Å². The zero-order chi connectivity index (χ0) is 17.4. The molecule has 0 amide bonds. The predicted octanol–water partition coefficient (Wildman–Crippen LogP) is 4.14. The van der Waals surface area contributed by atoms with Gasteiger partial charge in [0.1, 0.15) is 29.3 Å². The quantitative estimate of drug-likeness (QED) is 0.586. The summed E-state index contributed by atoms with van der Waals surface area (Å²) in [7, 11) is 0. The third-order valence-corrected chi connectivity index (χ3v) is 4.41. The Hall–Kier alpha value is -3.28. The number of benzene rings is 1. The van der Waals surface area contributed by atoms with Crippen LogP contribution < -0.4 is 5.32 Å². The number of aromatic hydroxyl groups is 1. The topological polar surface area (TPSA) is 76.1 Å². The molecule has 4 aromatic rings. The lowest BCUT2D eigenvalue weighted by molar-refractivity contribution is 0.475. The molecule has 1 aromatic carbocycles. The third-order valence-electron chi connectivity index (χ3n) is 4.41. The minimum atomic E-state index is 0.207. The Labute approximate surface area is 144 Å². The number of hydrogen-bond donors (Lipinski definition) is 2. The van der Waals surface area contributed by atoms with Gasteiger partial charge in [-0.1, -0.05) is 6.07 Å². The molecule has 3 aromatic heterocycles. The van der Waals surface area contributed by atoms with Crippen LogP contribution in [0.3, 0.4) is 0 Å². The minimum Gasteiger partial charge on any atom is -0.508 e. The molecule has 6 nitrogen and oxygen atoms in total. The van der Waals surface area contributed by atoms with E-state index in [0.29, 0.717) is 6.54 Å². The van der Waals surface area contributed by atoms with Crippen molar-refractivity contribution in [3.63, 3.8) is 0 Å². The Kier molecular flexibility index (Phi) is 3.65. The third kappa shape index (κ3) is 2.71. The molecule has 0 aliphatic carbocycles. The largest absolute Gasteiger partial charge is 0.508 e. The summed E-state index contributed by atoms with van der Waals surface area (Å²) in [6, 6.07) is 10.8. The standard InChI is InChI=1S/C19H18N4O2/c1-12-13(2)23(10-16-7-4-8-25-16)19-17(12)18(20-11-21-19)22-14-5-3-6-15(24)9-14/h3-9,11,24H,10H2,1-2H3,(H,20,21,22). The minimum absolute atomic E-state index is 0.207. The molecule has 0 saturated heterocycles. The van der Waals surface area contributed by atoms with E-state index in [4.69, 9.17) is 4.42 Å². The number of phenols is 1. The molecular formula is C19H18N4O2. The van der Waals surface area contributed by atoms with Crippen molar-refractivity contribution in [2.45, 2.75) is 20.4 Å². The summed E-state index contributed by atoms with van der Waals surface area (Å²) < 4.78 is 7.61. The summed E-state index contributed by atoms with van der Waals surface area (Å²) in [4.78, 5) is 8.89. The highest BCUT2D eigenvalue weighted by Gasteiger charge is 2.17. The average molecular weight is 334 g/mol. The van der Waals surface area contributed by atoms with Crippen LogP contribution in [-0.2, 0) is 6.54 Å². The van der Waals surface area contributed by atoms with Crippen LogP contribution in [0.15, 0.2) is 53.4 Å². The second-order valence-electron chi connectivity index (χ2n) is 5.97. The van der Waals surface area contributed by atoms with Crippen LogP contribution >= 0.6 is 0 Å². The molecule has 0 unspecified atom stereocenters. The Balaban J connectivity index is 1.81. The van der Waals surface area contributed by atoms with E-state index >= 15 is 0 Å². The summed E-state index contributed by atoms with van der Waals surface area (Å²) >= 11 is 0. The molecule has 6 heteroatoms. The lowest BCUT2D eigenvalue weighted by atomic mass is 10.2. The molecule has 0 aliphatic heterocycles. The molecular weight excluding hydrogens is 316 g/mol. The van der Waals surface area contributed by atoms with Crippen LogP contribution in [0, 0.1) is 13.8 Å². The van der Waals surface area contributed by atoms with E-state index in [1.54, 1.807) is 30.8 Å². The van der Waals surface area contributed by atoms with Gasteiger partial charge in [0.25, 0.3) is 0 Å². The van der Waals surface area contributed by atoms with Gasteiger partial charge in [-0.15, -0.1) is 0 Å². The number of fused-ring (bicyclic) bond motifs is 1. The van der Waals surface area contributed by atoms with Gasteiger partial charge in [-0.2, -0.15) is 0 Å². The first-order valence-electron chi connectivity index (χ1n) is 8.02. The van der Waals surface area contributed by atoms with Crippen LogP contribution in [-0.4, -0.2) is 19.6 Å². The van der Waals surface area contributed by atoms with Gasteiger partial charge < -0.3 is 19.4 Å². The molecule has 3 heterocycles. The number of rotatable bonds is 4. The normalized spacial score (nSPS) is 11.1. The number of nitrogens with one attached hydrogen (secondary N) is 1. The number of phenolic OH excluding ortho intramolecular Hbond substituents is 1. The molecule has 126 valence electrons. The Morgan fingerprint density at radius 1 is 1.16 bits per heavy atom. The van der Waals surface area contributed by atoms with E-state index in [9.17, 15) is 5.11 Å². The van der Waals surface area contributed by atoms with Gasteiger partial charge >= 0.3 is 0 Å². The van der Waals surface area contributed by atoms with Crippen molar-refractivity contribution < 1.29 is 9.52 Å². The molecule has 2 N–H and O–H groups in total. The van der Waals surface area contributed by atoms with Crippen molar-refractivity contribution in [2.75, 3.05) is 5.32 Å². The maximum atomic E-state index is 9.66. The molecule has 0 fully saturated rings. The second-order valence-corrected chi connectivity index (χ2v) is 5.97. The van der Waals surface area contributed by atoms with Crippen molar-refractivity contribution >= 4 is 22.5 Å². The fourth-order valence-corrected chi connectivity index (χ4v) is 3.04. The molecule has 4 rings (SSSR count). The van der Waals surface area contributed by atoms with E-state index in [0.717, 1.165) is 39.6 Å². The average Bonchev–Trinajstić information content (AvgIpc) is 3.19. The van der Waals surface area contributed by atoms with Crippen LogP contribution in [0.5, 0.6) is 5.75 Å². The summed E-state index contributed by atoms with van der Waals surface area (Å²) in [5.41, 5.74) is 3.86. The Morgan fingerprint density at radius 3 is 2.80 bits per heavy atom. The predicted molar refractivity (Wildman–Crippen MR) is 96.2 cm³/mol. The van der Waals surface area contributed by atoms with E-state index in [-0.39, 0.29) is 5.75 Å². The highest BCUT2D eigenvalue weighted by molar-refractivity contribution is 5.93. The van der Waals surface area contributed by atoms with Gasteiger partial charge in [0.2, 0.25) is 0 Å². The van der Waals surface area contributed by atoms with E-state index in [2.05, 4.69) is 33.7 Å². The van der Waals surface area contributed by atoms with Crippen molar-refractivity contribution in [1.82, 2.24) is 14.5 Å². The summed E-state index contributed by atoms with van der Waals surface area (Å²) in [5, 5.41) is 13.9. The lowest BCUT2D eigenvalue weighted by Gasteiger charge is -2.08. The Bertz CT molecular complexity index is 1040. The van der Waals surface area contributed by atoms with Crippen LogP contribution in [0.25, 0.3) is 11.0 Å². The van der Waals surface area contributed by atoms with Crippen LogP contribution in [0.1, 0.15) is 17.0 Å². The van der Waals surface area contributed by atoms with Crippen molar-refractivity contribution in [1.29, 1.82) is 0 Å². The SMILES string of the molecule is Cc1c(C)n(Cc2ccco2)c2ncnc(Nc3cccc(O)c3)c12. The highest BCUT2D eigenvalue weighted by atomic mass is 16.3. The van der Waals surface area contributed by atoms with E-state index < -0.39 is 0 Å². The molecule has 0 spiro atoms. The molecule has 0 radical (unpaired) electrons. The number of hydrogen-bond acceptors (Lipinski definition) is 5. The van der Waals surface area contributed by atoms with Crippen molar-refractivity contribution in [2.24, 2.45) is 0 Å². The molecule has 0 atom stereocenters. The summed E-state index contributed by atoms with van der Waals surface area (Å²) in [6.07, 6.45) is 3.22. The second kappa shape index (κ2) is 5.98. The van der Waals surface area contributed by atoms with Crippen molar-refractivity contribution in [3.05, 3.63) is 66.0 Å². The fraction of sp³-hybridized carbons (Fsp3) is 0.158. The zero-order valence-electron chi connectivity index (χ0n) is 14.0. The van der Waals surface area contributed by atoms with Gasteiger partial charge in [-0.05, 0) is 43.7 Å². The smallest absolute Gasteiger partial charge is 0.146 e. The highest BCUT2D eigenvalue weighted by Crippen LogP contribution is 2.31. The zero-order valence-corrected chi connectivity index (χ0v) is 14.0. The number of aryl methyl sites for hydroxylation is 1. The number of anilines is 2. The van der Waals surface area contributed by atoms with Gasteiger partial charge in [0.15, 0.2) is 0 Å². The van der Waals surface area contributed by atoms with Gasteiger partial charge in [0.05, 0.1) is 18.2 Å². The van der Waals surface area contributed by atoms with Crippen LogP contribution in [0.2, 0.25) is 0 Å². The molecule has 0 aliphatic rings. The molecule has 0 bridgehead atoms. The number of aromatic nitrogens is 3. The summed E-state index contributed by atoms with van der Waals surface area (Å²) in [6.45, 7) is 4.75. The maximum absolute atomic E-state index is 9.66. The number of nitrogens with zero attached hydrogens (tertiary/aromatic N) is 3. The molecule has 0 saturated carbocycles. The first kappa shape index (κ1) is 15.3. The first-order chi connectivity index (χ1) is 12.1. The van der Waals surface area contributed by atoms with Gasteiger partial charge in [0, 0.05) is 17.4 Å². The number of furan rings is 1. The Morgan fingerprint density at radius 2 is 2.04 bits per heavy atom. The lowest BCUT2D eigenvalue weighted by Crippen LogP contribution is -2.02. The maximum Gasteiger partial charge on any atom is 0.146 e. The van der Waals surface area contributed by atoms with Crippen molar-refractivity contribution in [3.8, 4) is 5.75 Å². The van der Waals surface area contributed by atoms with E-state index in [1.165, 1.54) is 0 Å². The fourth-order valence-electron chi connectivity index (χ4n) is 3.04. The molecule has 25 heavy (non-hydrogen) atoms. The summed E-state index contributed by atoms with van der Waals surface area (Å²) in [5.74, 6) is 1.80. The monoisotopic (exact) mass is 334 g/mol. The van der Waals surface area contributed by atoms with Gasteiger partial charge in [-0.25, -0.2) is 9.97 Å². The van der Waals surface area contributed by atoms with Gasteiger partial charge in [-0.3, -0.25) is 0 Å².